The molecule has 0 saturated carbocycles. The summed E-state index contributed by atoms with van der Waals surface area (Å²) in [5.41, 5.74) is 7.80. The number of halogens is 1. The van der Waals surface area contributed by atoms with Gasteiger partial charge in [-0.05, 0) is 36.4 Å². The highest BCUT2D eigenvalue weighted by molar-refractivity contribution is 6.08. The molecule has 1 heterocycles. The lowest BCUT2D eigenvalue weighted by atomic mass is 10.1. The van der Waals surface area contributed by atoms with Crippen LogP contribution >= 0.6 is 0 Å². The van der Waals surface area contributed by atoms with Crippen LogP contribution in [0.5, 0.6) is 0 Å². The first-order valence-corrected chi connectivity index (χ1v) is 6.26. The summed E-state index contributed by atoms with van der Waals surface area (Å²) in [5.74, 6) is -0.341. The number of rotatable bonds is 2. The molecule has 0 bridgehead atoms. The molecule has 3 aromatic rings. The zero-order valence-corrected chi connectivity index (χ0v) is 11.2. The average molecular weight is 285 g/mol. The van der Waals surface area contributed by atoms with Crippen molar-refractivity contribution in [2.24, 2.45) is 0 Å². The Morgan fingerprint density at radius 1 is 1.29 bits per heavy atom. The number of hydrogen-bond donors (Lipinski definition) is 2. The molecule has 3 N–H and O–H groups in total. The summed E-state index contributed by atoms with van der Waals surface area (Å²) < 4.78 is 18.3. The van der Waals surface area contributed by atoms with Crippen LogP contribution in [0.25, 0.3) is 11.1 Å². The van der Waals surface area contributed by atoms with Gasteiger partial charge in [-0.15, -0.1) is 0 Å². The lowest BCUT2D eigenvalue weighted by Gasteiger charge is -2.07. The fraction of sp³-hybridized carbons (Fsp3) is 0.0667. The van der Waals surface area contributed by atoms with Gasteiger partial charge in [-0.2, -0.15) is 0 Å². The van der Waals surface area contributed by atoms with Crippen molar-refractivity contribution >= 4 is 28.4 Å². The van der Waals surface area contributed by atoms with Crippen molar-refractivity contribution in [3.05, 3.63) is 53.7 Å². The zero-order valence-electron chi connectivity index (χ0n) is 11.2. The quantitative estimate of drug-likeness (QED) is 0.709. The number of nitrogens with two attached hydrogens (primary N) is 1. The molecule has 0 aliphatic heterocycles. The maximum Gasteiger partial charge on any atom is 0.257 e. The Balaban J connectivity index is 1.88. The topological polar surface area (TPSA) is 81.2 Å². The van der Waals surface area contributed by atoms with Crippen LogP contribution in [0.1, 0.15) is 16.2 Å². The lowest BCUT2D eigenvalue weighted by Crippen LogP contribution is -2.14. The van der Waals surface area contributed by atoms with E-state index in [1.54, 1.807) is 25.1 Å². The second-order valence-electron chi connectivity index (χ2n) is 4.60. The van der Waals surface area contributed by atoms with Crippen molar-refractivity contribution in [3.63, 3.8) is 0 Å². The molecule has 0 saturated heterocycles. The van der Waals surface area contributed by atoms with E-state index < -0.39 is 11.7 Å². The van der Waals surface area contributed by atoms with Crippen LogP contribution in [0, 0.1) is 12.7 Å². The summed E-state index contributed by atoms with van der Waals surface area (Å²) in [5, 5.41) is 2.70. The Kier molecular flexibility index (Phi) is 3.06. The number of nitrogens with one attached hydrogen (secondary N) is 1. The van der Waals surface area contributed by atoms with Gasteiger partial charge in [0.05, 0.1) is 5.56 Å². The van der Waals surface area contributed by atoms with Gasteiger partial charge in [0, 0.05) is 18.3 Å². The van der Waals surface area contributed by atoms with E-state index in [9.17, 15) is 9.18 Å². The third-order valence-corrected chi connectivity index (χ3v) is 3.01. The molecule has 0 aliphatic carbocycles. The van der Waals surface area contributed by atoms with Crippen molar-refractivity contribution < 1.29 is 13.6 Å². The Morgan fingerprint density at radius 3 is 2.86 bits per heavy atom. The van der Waals surface area contributed by atoms with Crippen molar-refractivity contribution in [3.8, 4) is 0 Å². The number of carbonyl (C=O) groups excluding carboxylic acids is 1. The second-order valence-corrected chi connectivity index (χ2v) is 4.60. The summed E-state index contributed by atoms with van der Waals surface area (Å²) >= 11 is 0. The number of anilines is 2. The minimum Gasteiger partial charge on any atom is -0.441 e. The van der Waals surface area contributed by atoms with Crippen LogP contribution in [-0.2, 0) is 0 Å². The normalized spacial score (nSPS) is 10.8. The summed E-state index contributed by atoms with van der Waals surface area (Å²) in [7, 11) is 0. The third kappa shape index (κ3) is 2.55. The van der Waals surface area contributed by atoms with E-state index in [0.29, 0.717) is 22.7 Å². The molecule has 0 spiro atoms. The highest BCUT2D eigenvalue weighted by Gasteiger charge is 2.11. The number of benzene rings is 2. The number of carbonyl (C=O) groups is 1. The molecule has 0 radical (unpaired) electrons. The van der Waals surface area contributed by atoms with Crippen molar-refractivity contribution in [2.75, 3.05) is 11.1 Å². The molecule has 2 aromatic carbocycles. The van der Waals surface area contributed by atoms with Crippen LogP contribution in [0.2, 0.25) is 0 Å². The SMILES string of the molecule is Cc1nc2cc(NC(=O)c3ccc(F)cc3N)ccc2o1. The van der Waals surface area contributed by atoms with Crippen LogP contribution in [0.3, 0.4) is 0 Å². The fourth-order valence-electron chi connectivity index (χ4n) is 2.06. The van der Waals surface area contributed by atoms with E-state index >= 15 is 0 Å². The molecule has 6 heteroatoms. The first kappa shape index (κ1) is 13.1. The molecule has 3 rings (SSSR count). The maximum absolute atomic E-state index is 13.0. The summed E-state index contributed by atoms with van der Waals surface area (Å²) in [6.07, 6.45) is 0. The van der Waals surface area contributed by atoms with E-state index in [0.717, 1.165) is 6.07 Å². The molecule has 1 amide bonds. The summed E-state index contributed by atoms with van der Waals surface area (Å²) in [6.45, 7) is 1.75. The van der Waals surface area contributed by atoms with Gasteiger partial charge in [0.1, 0.15) is 11.3 Å². The molecule has 21 heavy (non-hydrogen) atoms. The van der Waals surface area contributed by atoms with Crippen molar-refractivity contribution in [1.82, 2.24) is 4.98 Å². The van der Waals surface area contributed by atoms with Crippen molar-refractivity contribution in [2.45, 2.75) is 6.92 Å². The number of nitrogens with zero attached hydrogens (tertiary/aromatic N) is 1. The number of fused-ring (bicyclic) bond motifs is 1. The monoisotopic (exact) mass is 285 g/mol. The Bertz CT molecular complexity index is 842. The van der Waals surface area contributed by atoms with Gasteiger partial charge in [0.2, 0.25) is 0 Å². The second kappa shape index (κ2) is 4.90. The molecule has 0 fully saturated rings. The van der Waals surface area contributed by atoms with Crippen LogP contribution in [0.4, 0.5) is 15.8 Å². The molecule has 0 aliphatic rings. The number of oxazole rings is 1. The average Bonchev–Trinajstić information content (AvgIpc) is 2.77. The van der Waals surface area contributed by atoms with Gasteiger partial charge in [0.15, 0.2) is 11.5 Å². The number of aromatic nitrogens is 1. The highest BCUT2D eigenvalue weighted by Crippen LogP contribution is 2.21. The largest absolute Gasteiger partial charge is 0.441 e. The Morgan fingerprint density at radius 2 is 2.10 bits per heavy atom. The fourth-order valence-corrected chi connectivity index (χ4v) is 2.06. The molecular weight excluding hydrogens is 273 g/mol. The van der Waals surface area contributed by atoms with Gasteiger partial charge in [-0.25, -0.2) is 9.37 Å². The van der Waals surface area contributed by atoms with E-state index in [1.807, 2.05) is 0 Å². The third-order valence-electron chi connectivity index (χ3n) is 3.01. The smallest absolute Gasteiger partial charge is 0.257 e. The zero-order chi connectivity index (χ0) is 15.0. The first-order chi connectivity index (χ1) is 10.0. The van der Waals surface area contributed by atoms with Gasteiger partial charge < -0.3 is 15.5 Å². The molecule has 0 unspecified atom stereocenters. The maximum atomic E-state index is 13.0. The van der Waals surface area contributed by atoms with E-state index in [1.165, 1.54) is 12.1 Å². The molecule has 5 nitrogen and oxygen atoms in total. The summed E-state index contributed by atoms with van der Waals surface area (Å²) in [4.78, 5) is 16.3. The predicted octanol–water partition coefficient (Wildman–Crippen LogP) is 3.11. The van der Waals surface area contributed by atoms with E-state index in [-0.39, 0.29) is 11.3 Å². The van der Waals surface area contributed by atoms with E-state index in [4.69, 9.17) is 10.2 Å². The van der Waals surface area contributed by atoms with Gasteiger partial charge in [-0.3, -0.25) is 4.79 Å². The number of nitrogen functional groups attached to an aromatic ring is 1. The Labute approximate surface area is 119 Å². The summed E-state index contributed by atoms with van der Waals surface area (Å²) in [6, 6.07) is 8.76. The van der Waals surface area contributed by atoms with Gasteiger partial charge in [0.25, 0.3) is 5.91 Å². The first-order valence-electron chi connectivity index (χ1n) is 6.26. The van der Waals surface area contributed by atoms with Crippen molar-refractivity contribution in [1.29, 1.82) is 0 Å². The number of aryl methyl sites for hydroxylation is 1. The standard InChI is InChI=1S/C15H12FN3O2/c1-8-18-13-7-10(3-5-14(13)21-8)19-15(20)11-4-2-9(16)6-12(11)17/h2-7H,17H2,1H3,(H,19,20). The predicted molar refractivity (Wildman–Crippen MR) is 77.5 cm³/mol. The minimum atomic E-state index is -0.483. The highest BCUT2D eigenvalue weighted by atomic mass is 19.1. The van der Waals surface area contributed by atoms with Gasteiger partial charge in [-0.1, -0.05) is 0 Å². The molecular formula is C15H12FN3O2. The molecule has 1 aromatic heterocycles. The Hall–Kier alpha value is -2.89. The van der Waals surface area contributed by atoms with E-state index in [2.05, 4.69) is 10.3 Å². The van der Waals surface area contributed by atoms with Gasteiger partial charge >= 0.3 is 0 Å². The molecule has 0 atom stereocenters. The van der Waals surface area contributed by atoms with Crippen LogP contribution in [-0.4, -0.2) is 10.9 Å². The lowest BCUT2D eigenvalue weighted by molar-refractivity contribution is 0.102. The number of amides is 1. The minimum absolute atomic E-state index is 0.0888. The molecule has 106 valence electrons. The van der Waals surface area contributed by atoms with Crippen LogP contribution in [0.15, 0.2) is 40.8 Å². The van der Waals surface area contributed by atoms with Crippen LogP contribution < -0.4 is 11.1 Å². The number of hydrogen-bond acceptors (Lipinski definition) is 4.